The third kappa shape index (κ3) is 5.17. The van der Waals surface area contributed by atoms with Gasteiger partial charge in [0.25, 0.3) is 17.0 Å². The van der Waals surface area contributed by atoms with Crippen LogP contribution in [0.25, 0.3) is 16.6 Å². The fourth-order valence-corrected chi connectivity index (χ4v) is 6.76. The summed E-state index contributed by atoms with van der Waals surface area (Å²) in [5.74, 6) is -1.27. The average Bonchev–Trinajstić information content (AvgIpc) is 2.95. The van der Waals surface area contributed by atoms with Crippen LogP contribution in [-0.2, 0) is 23.4 Å². The number of pyridine rings is 1. The van der Waals surface area contributed by atoms with Crippen LogP contribution in [0.1, 0.15) is 22.8 Å². The van der Waals surface area contributed by atoms with Crippen molar-refractivity contribution in [3.05, 3.63) is 94.2 Å². The zero-order valence-electron chi connectivity index (χ0n) is 23.0. The van der Waals surface area contributed by atoms with Crippen molar-refractivity contribution in [2.24, 2.45) is 7.05 Å². The Morgan fingerprint density at radius 2 is 1.74 bits per heavy atom. The lowest BCUT2D eigenvalue weighted by Gasteiger charge is -2.27. The lowest BCUT2D eigenvalue weighted by atomic mass is 10.1. The molecule has 1 fully saturated rings. The van der Waals surface area contributed by atoms with Crippen molar-refractivity contribution in [1.29, 1.82) is 0 Å². The fraction of sp³-hybridized carbons (Fsp3) is 0.286. The molecule has 42 heavy (non-hydrogen) atoms. The summed E-state index contributed by atoms with van der Waals surface area (Å²) >= 11 is 1.97. The first-order valence-corrected chi connectivity index (χ1v) is 16.0. The van der Waals surface area contributed by atoms with Crippen molar-refractivity contribution in [1.82, 2.24) is 18.6 Å². The molecule has 2 aromatic heterocycles. The van der Waals surface area contributed by atoms with E-state index >= 15 is 0 Å². The number of amides is 1. The van der Waals surface area contributed by atoms with Crippen LogP contribution < -0.4 is 22.1 Å². The van der Waals surface area contributed by atoms with E-state index in [4.69, 9.17) is 0 Å². The smallest absolute Gasteiger partial charge is 0.336 e. The number of aryl methyl sites for hydroxylation is 1. The number of carbonyl (C=O) groups is 1. The first-order chi connectivity index (χ1) is 19.8. The van der Waals surface area contributed by atoms with Crippen molar-refractivity contribution < 1.29 is 17.6 Å². The van der Waals surface area contributed by atoms with Crippen LogP contribution in [0.5, 0.6) is 0 Å². The molecule has 0 saturated carbocycles. The molecular formula is C28H27FIN5O6S. The second kappa shape index (κ2) is 11.1. The van der Waals surface area contributed by atoms with Crippen LogP contribution in [0, 0.1) is 16.3 Å². The average molecular weight is 708 g/mol. The van der Waals surface area contributed by atoms with E-state index in [1.807, 2.05) is 22.6 Å². The molecule has 0 aliphatic carbocycles. The van der Waals surface area contributed by atoms with E-state index in [0.29, 0.717) is 3.57 Å². The number of halogens is 2. The van der Waals surface area contributed by atoms with Gasteiger partial charge in [0.15, 0.2) is 9.84 Å². The molecule has 14 heteroatoms. The van der Waals surface area contributed by atoms with E-state index in [9.17, 15) is 32.0 Å². The number of sulfone groups is 1. The normalized spacial score (nSPS) is 14.7. The number of aromatic nitrogens is 3. The van der Waals surface area contributed by atoms with Crippen molar-refractivity contribution in [3.63, 3.8) is 0 Å². The number of rotatable bonds is 5. The zero-order chi connectivity index (χ0) is 30.5. The summed E-state index contributed by atoms with van der Waals surface area (Å²) in [7, 11) is -1.75. The van der Waals surface area contributed by atoms with Gasteiger partial charge in [0.1, 0.15) is 17.0 Å². The Bertz CT molecular complexity index is 2050. The second-order valence-corrected chi connectivity index (χ2v) is 13.5. The Balaban J connectivity index is 1.76. The third-order valence-corrected chi connectivity index (χ3v) is 9.66. The summed E-state index contributed by atoms with van der Waals surface area (Å²) in [6.45, 7) is 3.23. The van der Waals surface area contributed by atoms with Crippen molar-refractivity contribution in [3.8, 4) is 5.69 Å². The highest BCUT2D eigenvalue weighted by molar-refractivity contribution is 14.1. The van der Waals surface area contributed by atoms with Gasteiger partial charge in [-0.3, -0.25) is 28.1 Å². The predicted octanol–water partition coefficient (Wildman–Crippen LogP) is 2.54. The molecule has 2 aromatic carbocycles. The van der Waals surface area contributed by atoms with Gasteiger partial charge in [-0.05, 0) is 72.8 Å². The molecular weight excluding hydrogens is 680 g/mol. The maximum absolute atomic E-state index is 14.9. The van der Waals surface area contributed by atoms with Gasteiger partial charge in [-0.1, -0.05) is 6.07 Å². The van der Waals surface area contributed by atoms with Crippen LogP contribution in [0.2, 0.25) is 0 Å². The SMILES string of the molecule is CCn1c(=O)c2c(Nc3ccc(I)cc3F)n(C)c(=O)c(C)c2n(-c2cccc(C(=O)N3CCS(=O)(=O)CC3)c2)c1=O. The predicted molar refractivity (Wildman–Crippen MR) is 166 cm³/mol. The molecule has 3 heterocycles. The standard InChI is InChI=1S/C28H27FIN5O6S/c1-4-34-27(38)22-23(16(2)25(36)32(3)24(22)31-21-9-8-18(30)15-20(21)29)35(28(34)39)19-7-5-6-17(14-19)26(37)33-10-12-42(40,41)13-11-33/h5-9,14-15,31H,4,10-13H2,1-3H3. The molecule has 4 aromatic rings. The van der Waals surface area contributed by atoms with Gasteiger partial charge < -0.3 is 10.2 Å². The molecule has 0 atom stereocenters. The van der Waals surface area contributed by atoms with Crippen molar-refractivity contribution in [2.75, 3.05) is 29.9 Å². The van der Waals surface area contributed by atoms with Crippen molar-refractivity contribution >= 4 is 60.7 Å². The van der Waals surface area contributed by atoms with Gasteiger partial charge in [-0.15, -0.1) is 0 Å². The summed E-state index contributed by atoms with van der Waals surface area (Å²) in [5.41, 5.74) is -1.29. The van der Waals surface area contributed by atoms with Crippen LogP contribution in [0.3, 0.4) is 0 Å². The molecule has 0 bridgehead atoms. The summed E-state index contributed by atoms with van der Waals surface area (Å²) < 4.78 is 42.6. The Morgan fingerprint density at radius 3 is 2.38 bits per heavy atom. The van der Waals surface area contributed by atoms with E-state index in [2.05, 4.69) is 5.32 Å². The summed E-state index contributed by atoms with van der Waals surface area (Å²) in [6.07, 6.45) is 0. The van der Waals surface area contributed by atoms with E-state index in [1.165, 1.54) is 46.2 Å². The Morgan fingerprint density at radius 1 is 1.05 bits per heavy atom. The molecule has 0 radical (unpaired) electrons. The highest BCUT2D eigenvalue weighted by Crippen LogP contribution is 2.27. The number of nitrogens with zero attached hydrogens (tertiary/aromatic N) is 4. The number of nitrogens with one attached hydrogen (secondary N) is 1. The van der Waals surface area contributed by atoms with Crippen LogP contribution in [0.4, 0.5) is 15.9 Å². The van der Waals surface area contributed by atoms with Gasteiger partial charge >= 0.3 is 5.69 Å². The van der Waals surface area contributed by atoms with Crippen LogP contribution in [-0.4, -0.2) is 57.5 Å². The fourth-order valence-electron chi connectivity index (χ4n) is 5.10. The van der Waals surface area contributed by atoms with Gasteiger partial charge in [0.05, 0.1) is 28.4 Å². The van der Waals surface area contributed by atoms with Gasteiger partial charge in [0.2, 0.25) is 0 Å². The van der Waals surface area contributed by atoms with Gasteiger partial charge in [-0.25, -0.2) is 17.6 Å². The highest BCUT2D eigenvalue weighted by atomic mass is 127. The van der Waals surface area contributed by atoms with Gasteiger partial charge in [-0.2, -0.15) is 0 Å². The molecule has 1 N–H and O–H groups in total. The number of fused-ring (bicyclic) bond motifs is 1. The van der Waals surface area contributed by atoms with Crippen LogP contribution in [0.15, 0.2) is 56.8 Å². The zero-order valence-corrected chi connectivity index (χ0v) is 26.0. The minimum absolute atomic E-state index is 0.00316. The molecule has 0 spiro atoms. The number of carbonyl (C=O) groups excluding carboxylic acids is 1. The first kappa shape index (κ1) is 29.7. The number of benzene rings is 2. The van der Waals surface area contributed by atoms with Gasteiger partial charge in [0, 0.05) is 41.4 Å². The highest BCUT2D eigenvalue weighted by Gasteiger charge is 2.27. The molecule has 1 aliphatic heterocycles. The molecule has 11 nitrogen and oxygen atoms in total. The third-order valence-electron chi connectivity index (χ3n) is 7.38. The minimum atomic E-state index is -3.20. The Kier molecular flexibility index (Phi) is 7.87. The number of hydrogen-bond acceptors (Lipinski definition) is 7. The summed E-state index contributed by atoms with van der Waals surface area (Å²) in [6, 6.07) is 10.6. The Labute approximate surface area is 253 Å². The molecule has 0 unspecified atom stereocenters. The quantitative estimate of drug-likeness (QED) is 0.316. The Hall–Kier alpha value is -3.79. The monoisotopic (exact) mass is 707 g/mol. The second-order valence-electron chi connectivity index (χ2n) is 9.97. The molecule has 1 saturated heterocycles. The molecule has 5 rings (SSSR count). The topological polar surface area (TPSA) is 132 Å². The largest absolute Gasteiger partial charge is 0.338 e. The molecule has 220 valence electrons. The minimum Gasteiger partial charge on any atom is -0.338 e. The maximum Gasteiger partial charge on any atom is 0.336 e. The van der Waals surface area contributed by atoms with E-state index < -0.39 is 38.4 Å². The lowest BCUT2D eigenvalue weighted by molar-refractivity contribution is 0.0770. The van der Waals surface area contributed by atoms with E-state index in [0.717, 1.165) is 4.57 Å². The first-order valence-electron chi connectivity index (χ1n) is 13.1. The number of hydrogen-bond donors (Lipinski definition) is 1. The lowest BCUT2D eigenvalue weighted by Crippen LogP contribution is -2.43. The maximum atomic E-state index is 14.9. The summed E-state index contributed by atoms with van der Waals surface area (Å²) in [4.78, 5) is 55.7. The van der Waals surface area contributed by atoms with Crippen molar-refractivity contribution in [2.45, 2.75) is 20.4 Å². The van der Waals surface area contributed by atoms with Crippen LogP contribution >= 0.6 is 22.6 Å². The van der Waals surface area contributed by atoms with E-state index in [1.54, 1.807) is 31.2 Å². The molecule has 1 amide bonds. The number of anilines is 2. The van der Waals surface area contributed by atoms with E-state index in [-0.39, 0.29) is 70.4 Å². The summed E-state index contributed by atoms with van der Waals surface area (Å²) in [5, 5.41) is 2.89. The molecule has 1 aliphatic rings.